The average Bonchev–Trinajstić information content (AvgIpc) is 3.64. The van der Waals surface area contributed by atoms with Gasteiger partial charge in [0.2, 0.25) is 9.54 Å². The molecule has 1 unspecified atom stereocenters. The van der Waals surface area contributed by atoms with Crippen LogP contribution in [0.15, 0.2) is 71.7 Å². The molecule has 3 aromatic carbocycles. The summed E-state index contributed by atoms with van der Waals surface area (Å²) in [7, 11) is 0. The van der Waals surface area contributed by atoms with Crippen LogP contribution in [0.25, 0.3) is 11.4 Å². The number of tetrazole rings is 2. The number of aromatic amines is 2. The Kier molecular flexibility index (Phi) is 9.13. The fraction of sp³-hybridized carbons (Fsp3) is 0.154. The molecule has 15 nitrogen and oxygen atoms in total. The first-order valence-corrected chi connectivity index (χ1v) is 13.6. The molecule has 5 rings (SSSR count). The maximum atomic E-state index is 11.6. The predicted molar refractivity (Wildman–Crippen MR) is 163 cm³/mol. The van der Waals surface area contributed by atoms with Gasteiger partial charge in [0.25, 0.3) is 0 Å². The zero-order valence-electron chi connectivity index (χ0n) is 22.5. The SMILES string of the molecule is CCC(Nc1cc(OC=Nc2cccc(-n3[nH]nnc3=S)c2)cc(OCNc2cccc(-n3[nH]nnc3=S)c2)c1)C(=O)O. The number of hydrogen-bond acceptors (Lipinski definition) is 12. The molecule has 0 radical (unpaired) electrons. The summed E-state index contributed by atoms with van der Waals surface area (Å²) in [5, 5.41) is 36.1. The number of nitrogens with zero attached hydrogens (tertiary/aromatic N) is 7. The van der Waals surface area contributed by atoms with E-state index in [1.807, 2.05) is 30.3 Å². The number of aromatic nitrogens is 8. The van der Waals surface area contributed by atoms with Gasteiger partial charge in [-0.15, -0.1) is 0 Å². The summed E-state index contributed by atoms with van der Waals surface area (Å²) in [6, 6.07) is 18.8. The van der Waals surface area contributed by atoms with Gasteiger partial charge in [0.1, 0.15) is 17.5 Å². The second kappa shape index (κ2) is 13.5. The Bertz CT molecular complexity index is 1860. The molecule has 0 aliphatic rings. The third-order valence-electron chi connectivity index (χ3n) is 5.97. The van der Waals surface area contributed by atoms with Crippen molar-refractivity contribution in [2.24, 2.45) is 4.99 Å². The normalized spacial score (nSPS) is 11.7. The topological polar surface area (TPSA) is 185 Å². The predicted octanol–water partition coefficient (Wildman–Crippen LogP) is 4.43. The Morgan fingerprint density at radius 1 is 0.977 bits per heavy atom. The van der Waals surface area contributed by atoms with Crippen molar-refractivity contribution in [3.63, 3.8) is 0 Å². The van der Waals surface area contributed by atoms with Crippen LogP contribution in [0.1, 0.15) is 13.3 Å². The van der Waals surface area contributed by atoms with Crippen molar-refractivity contribution in [3.8, 4) is 22.9 Å². The average molecular weight is 620 g/mol. The molecule has 220 valence electrons. The minimum atomic E-state index is -0.973. The number of hydrogen-bond donors (Lipinski definition) is 5. The number of carboxylic acids is 1. The minimum absolute atomic E-state index is 0.0982. The first-order valence-electron chi connectivity index (χ1n) is 12.8. The quantitative estimate of drug-likeness (QED) is 0.0541. The van der Waals surface area contributed by atoms with Crippen LogP contribution >= 0.6 is 24.4 Å². The molecule has 0 saturated carbocycles. The standard InChI is InChI=1S/C26H25N11O4S2/c1-2-23(24(38)39)29-18-11-21(40-14-27-16-5-3-7-19(9-16)36-25(42)30-32-34-36)13-22(12-18)41-15-28-17-6-4-8-20(10-17)37-26(43)31-33-35-37/h3-14,23,28-29H,2,15H2,1H3,(H,38,39)(H,30,34,42)(H,31,35,43). The van der Waals surface area contributed by atoms with Gasteiger partial charge in [-0.1, -0.05) is 39.7 Å². The molecular weight excluding hydrogens is 594 g/mol. The van der Waals surface area contributed by atoms with E-state index in [-0.39, 0.29) is 11.5 Å². The van der Waals surface area contributed by atoms with Crippen molar-refractivity contribution < 1.29 is 19.4 Å². The molecule has 0 spiro atoms. The van der Waals surface area contributed by atoms with Gasteiger partial charge >= 0.3 is 5.97 Å². The number of ether oxygens (including phenoxy) is 2. The van der Waals surface area contributed by atoms with E-state index in [4.69, 9.17) is 33.9 Å². The van der Waals surface area contributed by atoms with Gasteiger partial charge in [0, 0.05) is 29.6 Å². The largest absolute Gasteiger partial charge is 0.480 e. The van der Waals surface area contributed by atoms with Gasteiger partial charge in [-0.2, -0.15) is 10.4 Å². The highest BCUT2D eigenvalue weighted by atomic mass is 32.1. The number of aliphatic imine (C=N–C) groups is 1. The number of rotatable bonds is 13. The van der Waals surface area contributed by atoms with E-state index in [2.05, 4.69) is 46.7 Å². The Morgan fingerprint density at radius 3 is 2.30 bits per heavy atom. The van der Waals surface area contributed by atoms with Crippen LogP contribution in [-0.4, -0.2) is 70.7 Å². The number of aliphatic carboxylic acids is 1. The lowest BCUT2D eigenvalue weighted by atomic mass is 10.2. The Balaban J connectivity index is 1.30. The first-order chi connectivity index (χ1) is 20.9. The zero-order valence-corrected chi connectivity index (χ0v) is 24.2. The fourth-order valence-electron chi connectivity index (χ4n) is 3.90. The summed E-state index contributed by atoms with van der Waals surface area (Å²) in [4.78, 5) is 16.0. The highest BCUT2D eigenvalue weighted by molar-refractivity contribution is 7.71. The lowest BCUT2D eigenvalue weighted by Gasteiger charge is -2.16. The van der Waals surface area contributed by atoms with E-state index in [1.54, 1.807) is 48.0 Å². The van der Waals surface area contributed by atoms with Crippen LogP contribution in [-0.2, 0) is 4.79 Å². The molecule has 17 heteroatoms. The van der Waals surface area contributed by atoms with Crippen LogP contribution in [0.5, 0.6) is 11.5 Å². The van der Waals surface area contributed by atoms with Crippen molar-refractivity contribution in [1.29, 1.82) is 0 Å². The second-order valence-electron chi connectivity index (χ2n) is 8.86. The Morgan fingerprint density at radius 2 is 1.65 bits per heavy atom. The highest BCUT2D eigenvalue weighted by Crippen LogP contribution is 2.27. The molecule has 2 heterocycles. The number of anilines is 2. The van der Waals surface area contributed by atoms with Crippen LogP contribution < -0.4 is 20.1 Å². The fourth-order valence-corrected chi connectivity index (χ4v) is 4.27. The monoisotopic (exact) mass is 619 g/mol. The molecule has 5 aromatic rings. The third-order valence-corrected chi connectivity index (χ3v) is 6.50. The summed E-state index contributed by atoms with van der Waals surface area (Å²) in [6.07, 6.45) is 1.65. The minimum Gasteiger partial charge on any atom is -0.480 e. The van der Waals surface area contributed by atoms with Gasteiger partial charge in [-0.05, 0) is 67.3 Å². The molecule has 0 aliphatic carbocycles. The van der Waals surface area contributed by atoms with Gasteiger partial charge in [0.15, 0.2) is 13.1 Å². The van der Waals surface area contributed by atoms with E-state index in [0.717, 1.165) is 11.4 Å². The summed E-state index contributed by atoms with van der Waals surface area (Å²) in [5.74, 6) is -0.164. The molecule has 0 aliphatic heterocycles. The van der Waals surface area contributed by atoms with Gasteiger partial charge in [-0.3, -0.25) is 0 Å². The van der Waals surface area contributed by atoms with Crippen LogP contribution in [0, 0.1) is 9.54 Å². The Labute approximate surface area is 254 Å². The van der Waals surface area contributed by atoms with Crippen molar-refractivity contribution >= 4 is 53.9 Å². The maximum absolute atomic E-state index is 11.6. The van der Waals surface area contributed by atoms with Crippen LogP contribution in [0.4, 0.5) is 17.1 Å². The van der Waals surface area contributed by atoms with E-state index in [1.165, 1.54) is 11.1 Å². The number of carbonyl (C=O) groups is 1. The molecule has 0 bridgehead atoms. The van der Waals surface area contributed by atoms with Crippen molar-refractivity contribution in [2.45, 2.75) is 19.4 Å². The van der Waals surface area contributed by atoms with Crippen molar-refractivity contribution in [2.75, 3.05) is 17.4 Å². The lowest BCUT2D eigenvalue weighted by molar-refractivity contribution is -0.137. The molecule has 0 saturated heterocycles. The summed E-state index contributed by atoms with van der Waals surface area (Å²) < 4.78 is 15.4. The molecule has 43 heavy (non-hydrogen) atoms. The third kappa shape index (κ3) is 7.46. The van der Waals surface area contributed by atoms with Crippen molar-refractivity contribution in [3.05, 3.63) is 76.3 Å². The lowest BCUT2D eigenvalue weighted by Crippen LogP contribution is -2.28. The molecule has 2 aromatic heterocycles. The first kappa shape index (κ1) is 29.1. The summed E-state index contributed by atoms with van der Waals surface area (Å²) >= 11 is 10.3. The molecule has 0 fully saturated rings. The van der Waals surface area contributed by atoms with Gasteiger partial charge < -0.3 is 25.2 Å². The number of carboxylic acid groups (broad SMARTS) is 1. The smallest absolute Gasteiger partial charge is 0.326 e. The van der Waals surface area contributed by atoms with Gasteiger partial charge in [-0.25, -0.2) is 19.2 Å². The highest BCUT2D eigenvalue weighted by Gasteiger charge is 2.15. The van der Waals surface area contributed by atoms with Crippen LogP contribution in [0.3, 0.4) is 0 Å². The van der Waals surface area contributed by atoms with E-state index in [9.17, 15) is 9.90 Å². The van der Waals surface area contributed by atoms with Gasteiger partial charge in [0.05, 0.1) is 17.1 Å². The van der Waals surface area contributed by atoms with Crippen molar-refractivity contribution in [1.82, 2.24) is 40.4 Å². The molecular formula is C26H25N11O4S2. The summed E-state index contributed by atoms with van der Waals surface area (Å²) in [6.45, 7) is 1.88. The number of nitrogens with one attached hydrogen (secondary N) is 4. The van der Waals surface area contributed by atoms with E-state index in [0.29, 0.717) is 39.8 Å². The van der Waals surface area contributed by atoms with Crippen LogP contribution in [0.2, 0.25) is 0 Å². The van der Waals surface area contributed by atoms with E-state index >= 15 is 0 Å². The number of benzene rings is 3. The molecule has 1 atom stereocenters. The summed E-state index contributed by atoms with van der Waals surface area (Å²) in [5.41, 5.74) is 3.30. The zero-order chi connectivity index (χ0) is 30.2. The molecule has 5 N–H and O–H groups in total. The Hall–Kier alpha value is -5.42. The number of H-pyrrole nitrogens is 2. The van der Waals surface area contributed by atoms with E-state index < -0.39 is 12.0 Å². The second-order valence-corrected chi connectivity index (χ2v) is 9.59. The maximum Gasteiger partial charge on any atom is 0.326 e. The molecule has 0 amide bonds.